The highest BCUT2D eigenvalue weighted by Crippen LogP contribution is 2.54. The molecule has 2 heterocycles. The smallest absolute Gasteiger partial charge is 0.371 e. The zero-order valence-electron chi connectivity index (χ0n) is 17.6. The average molecular weight is 508 g/mol. The second-order valence-electron chi connectivity index (χ2n) is 9.35. The number of nitrogens with one attached hydrogen (secondary N) is 1. The second kappa shape index (κ2) is 8.06. The van der Waals surface area contributed by atoms with Crippen LogP contribution in [0.25, 0.3) is 0 Å². The number of nitrogens with zero attached hydrogens (tertiary/aromatic N) is 2. The Morgan fingerprint density at radius 3 is 2.41 bits per heavy atom. The largest absolute Gasteiger partial charge is 0.401 e. The summed E-state index contributed by atoms with van der Waals surface area (Å²) in [5.74, 6) is -0.204. The lowest BCUT2D eigenvalue weighted by molar-refractivity contribution is -0.146. The number of halogens is 4. The van der Waals surface area contributed by atoms with Crippen molar-refractivity contribution in [2.24, 2.45) is 5.41 Å². The average Bonchev–Trinajstić information content (AvgIpc) is 3.36. The summed E-state index contributed by atoms with van der Waals surface area (Å²) in [6.45, 7) is 1.48. The molecule has 1 N–H and O–H groups in total. The van der Waals surface area contributed by atoms with E-state index in [1.165, 1.54) is 30.6 Å². The maximum atomic E-state index is 13.2. The zero-order chi connectivity index (χ0) is 22.5. The molecule has 0 atom stereocenters. The summed E-state index contributed by atoms with van der Waals surface area (Å²) in [4.78, 5) is 16.8. The molecule has 2 aromatic rings. The lowest BCUT2D eigenvalue weighted by Gasteiger charge is -2.35. The number of carbonyl (C=O) groups excluding carboxylic acids is 1. The summed E-state index contributed by atoms with van der Waals surface area (Å²) in [6.07, 6.45) is 0.765. The molecule has 0 unspecified atom stereocenters. The highest BCUT2D eigenvalue weighted by molar-refractivity contribution is 9.10. The fraction of sp³-hybridized carbons (Fsp3) is 0.458. The van der Waals surface area contributed by atoms with E-state index in [-0.39, 0.29) is 19.0 Å². The van der Waals surface area contributed by atoms with E-state index in [0.29, 0.717) is 16.7 Å². The number of piperidine rings is 1. The van der Waals surface area contributed by atoms with Crippen molar-refractivity contribution in [3.8, 4) is 0 Å². The molecular formula is C24H25BrF3N3O. The SMILES string of the molecule is O=C(Nc1ccc2c(c1)CN(CC(F)(F)F)C2)c1ccc(Br)cc1N1CCC2(CC1)CC2. The van der Waals surface area contributed by atoms with Crippen LogP contribution in [-0.2, 0) is 13.1 Å². The Morgan fingerprint density at radius 1 is 1.00 bits per heavy atom. The molecule has 4 nitrogen and oxygen atoms in total. The molecule has 8 heteroatoms. The van der Waals surface area contributed by atoms with Gasteiger partial charge in [-0.2, -0.15) is 13.2 Å². The number of benzene rings is 2. The molecule has 1 saturated carbocycles. The first-order chi connectivity index (χ1) is 15.2. The predicted molar refractivity (Wildman–Crippen MR) is 122 cm³/mol. The van der Waals surface area contributed by atoms with Crippen molar-refractivity contribution in [2.75, 3.05) is 29.9 Å². The van der Waals surface area contributed by atoms with Crippen LogP contribution < -0.4 is 10.2 Å². The number of hydrogen-bond donors (Lipinski definition) is 1. The quantitative estimate of drug-likeness (QED) is 0.554. The third kappa shape index (κ3) is 4.66. The molecule has 0 bridgehead atoms. The molecule has 5 rings (SSSR count). The normalized spacial score (nSPS) is 19.8. The minimum atomic E-state index is -4.22. The van der Waals surface area contributed by atoms with Crippen LogP contribution in [0.2, 0.25) is 0 Å². The maximum absolute atomic E-state index is 13.2. The van der Waals surface area contributed by atoms with Crippen molar-refractivity contribution in [1.82, 2.24) is 4.90 Å². The van der Waals surface area contributed by atoms with Crippen molar-refractivity contribution >= 4 is 33.2 Å². The lowest BCUT2D eigenvalue weighted by Crippen LogP contribution is -2.35. The number of alkyl halides is 3. The van der Waals surface area contributed by atoms with E-state index in [1.54, 1.807) is 12.1 Å². The molecule has 1 saturated heterocycles. The summed E-state index contributed by atoms with van der Waals surface area (Å²) in [6, 6.07) is 11.1. The van der Waals surface area contributed by atoms with Gasteiger partial charge in [0.05, 0.1) is 17.8 Å². The van der Waals surface area contributed by atoms with Crippen LogP contribution in [0, 0.1) is 5.41 Å². The van der Waals surface area contributed by atoms with Crippen LogP contribution in [0.3, 0.4) is 0 Å². The number of rotatable bonds is 4. The molecule has 170 valence electrons. The standard InChI is InChI=1S/C24H25BrF3N3O/c25-18-2-4-20(21(12-18)31-9-7-23(5-6-23)8-10-31)22(32)29-19-3-1-16-13-30(14-17(16)11-19)15-24(26,27)28/h1-4,11-12H,5-10,13-15H2,(H,29,32). The highest BCUT2D eigenvalue weighted by atomic mass is 79.9. The van der Waals surface area contributed by atoms with Crippen molar-refractivity contribution in [2.45, 2.75) is 44.9 Å². The minimum absolute atomic E-state index is 0.204. The molecular weight excluding hydrogens is 483 g/mol. The Kier molecular flexibility index (Phi) is 5.48. The van der Waals surface area contributed by atoms with Gasteiger partial charge in [0, 0.05) is 36.3 Å². The Bertz CT molecular complexity index is 1040. The van der Waals surface area contributed by atoms with E-state index in [2.05, 4.69) is 26.1 Å². The molecule has 1 amide bonds. The monoisotopic (exact) mass is 507 g/mol. The van der Waals surface area contributed by atoms with Gasteiger partial charge in [0.15, 0.2) is 0 Å². The van der Waals surface area contributed by atoms with E-state index >= 15 is 0 Å². The first kappa shape index (κ1) is 21.8. The molecule has 2 aliphatic heterocycles. The van der Waals surface area contributed by atoms with Crippen LogP contribution in [0.5, 0.6) is 0 Å². The number of anilines is 2. The van der Waals surface area contributed by atoms with Crippen LogP contribution in [0.4, 0.5) is 24.5 Å². The Labute approximate surface area is 193 Å². The van der Waals surface area contributed by atoms with Gasteiger partial charge in [-0.15, -0.1) is 0 Å². The van der Waals surface area contributed by atoms with Gasteiger partial charge in [-0.3, -0.25) is 9.69 Å². The summed E-state index contributed by atoms with van der Waals surface area (Å²) in [5.41, 5.74) is 4.39. The van der Waals surface area contributed by atoms with Crippen molar-refractivity contribution < 1.29 is 18.0 Å². The number of hydrogen-bond acceptors (Lipinski definition) is 3. The molecule has 1 aliphatic carbocycles. The van der Waals surface area contributed by atoms with Crippen LogP contribution in [0.1, 0.15) is 47.2 Å². The van der Waals surface area contributed by atoms with E-state index < -0.39 is 12.7 Å². The van der Waals surface area contributed by atoms with E-state index in [1.807, 2.05) is 24.3 Å². The maximum Gasteiger partial charge on any atom is 0.401 e. The van der Waals surface area contributed by atoms with Gasteiger partial charge in [-0.1, -0.05) is 22.0 Å². The second-order valence-corrected chi connectivity index (χ2v) is 10.3. The van der Waals surface area contributed by atoms with Crippen molar-refractivity contribution in [3.63, 3.8) is 0 Å². The zero-order valence-corrected chi connectivity index (χ0v) is 19.2. The third-order valence-electron chi connectivity index (χ3n) is 6.98. The van der Waals surface area contributed by atoms with Gasteiger partial charge in [-0.05, 0) is 72.6 Å². The van der Waals surface area contributed by atoms with Crippen molar-refractivity contribution in [3.05, 3.63) is 57.6 Å². The van der Waals surface area contributed by atoms with Gasteiger partial charge in [0.25, 0.3) is 5.91 Å². The van der Waals surface area contributed by atoms with Crippen LogP contribution >= 0.6 is 15.9 Å². The summed E-state index contributed by atoms with van der Waals surface area (Å²) < 4.78 is 39.1. The number of carbonyl (C=O) groups is 1. The van der Waals surface area contributed by atoms with Gasteiger partial charge in [-0.25, -0.2) is 0 Å². The van der Waals surface area contributed by atoms with Gasteiger partial charge >= 0.3 is 6.18 Å². The first-order valence-corrected chi connectivity index (χ1v) is 11.8. The lowest BCUT2D eigenvalue weighted by atomic mass is 9.93. The minimum Gasteiger partial charge on any atom is -0.371 e. The Balaban J connectivity index is 1.30. The fourth-order valence-corrected chi connectivity index (χ4v) is 5.31. The molecule has 2 fully saturated rings. The summed E-state index contributed by atoms with van der Waals surface area (Å²) in [5, 5.41) is 2.96. The Morgan fingerprint density at radius 2 is 1.72 bits per heavy atom. The third-order valence-corrected chi connectivity index (χ3v) is 7.47. The van der Waals surface area contributed by atoms with Crippen LogP contribution in [-0.4, -0.2) is 36.6 Å². The van der Waals surface area contributed by atoms with Gasteiger partial charge < -0.3 is 10.2 Å². The van der Waals surface area contributed by atoms with Gasteiger partial charge in [0.1, 0.15) is 0 Å². The highest BCUT2D eigenvalue weighted by Gasteiger charge is 2.44. The van der Waals surface area contributed by atoms with Gasteiger partial charge in [0.2, 0.25) is 0 Å². The molecule has 32 heavy (non-hydrogen) atoms. The van der Waals surface area contributed by atoms with Crippen molar-refractivity contribution in [1.29, 1.82) is 0 Å². The Hall–Kier alpha value is -2.06. The van der Waals surface area contributed by atoms with E-state index in [9.17, 15) is 18.0 Å². The number of amides is 1. The first-order valence-electron chi connectivity index (χ1n) is 11.0. The molecule has 0 radical (unpaired) electrons. The summed E-state index contributed by atoms with van der Waals surface area (Å²) >= 11 is 3.53. The molecule has 1 spiro atoms. The summed E-state index contributed by atoms with van der Waals surface area (Å²) in [7, 11) is 0. The molecule has 0 aromatic heterocycles. The number of fused-ring (bicyclic) bond motifs is 1. The predicted octanol–water partition coefficient (Wildman–Crippen LogP) is 5.96. The fourth-order valence-electron chi connectivity index (χ4n) is 4.96. The van der Waals surface area contributed by atoms with E-state index in [4.69, 9.17) is 0 Å². The molecule has 2 aromatic carbocycles. The molecule has 3 aliphatic rings. The van der Waals surface area contributed by atoms with E-state index in [0.717, 1.165) is 34.4 Å². The topological polar surface area (TPSA) is 35.6 Å². The van der Waals surface area contributed by atoms with Crippen LogP contribution in [0.15, 0.2) is 40.9 Å².